The molecule has 144 valence electrons. The van der Waals surface area contributed by atoms with Crippen LogP contribution in [0, 0.1) is 0 Å². The lowest BCUT2D eigenvalue weighted by Crippen LogP contribution is -2.39. The number of nitrogens with two attached hydrogens (primary N) is 1. The van der Waals surface area contributed by atoms with Crippen molar-refractivity contribution < 1.29 is 9.59 Å². The Bertz CT molecular complexity index is 1030. The van der Waals surface area contributed by atoms with Crippen LogP contribution >= 0.6 is 35.0 Å². The van der Waals surface area contributed by atoms with Gasteiger partial charge in [-0.15, -0.1) is 10.2 Å². The molecule has 28 heavy (non-hydrogen) atoms. The summed E-state index contributed by atoms with van der Waals surface area (Å²) in [7, 11) is 0. The third-order valence-corrected chi connectivity index (χ3v) is 5.31. The Balaban J connectivity index is 2.05. The minimum Gasteiger partial charge on any atom is -0.351 e. The zero-order valence-electron chi connectivity index (χ0n) is 14.6. The number of urea groups is 1. The third kappa shape index (κ3) is 4.46. The first kappa shape index (κ1) is 20.2. The van der Waals surface area contributed by atoms with Crippen LogP contribution in [0.3, 0.4) is 0 Å². The SMILES string of the molecule is CC(Sc1nnc(-c2ccc(Cl)cc2Cl)n1-c1ccccc1)C(=O)NC(N)=O. The summed E-state index contributed by atoms with van der Waals surface area (Å²) >= 11 is 13.5. The van der Waals surface area contributed by atoms with E-state index in [0.29, 0.717) is 26.6 Å². The van der Waals surface area contributed by atoms with Crippen LogP contribution in [0.25, 0.3) is 17.1 Å². The number of hydrogen-bond donors (Lipinski definition) is 2. The molecule has 1 atom stereocenters. The number of carbonyl (C=O) groups is 2. The minimum absolute atomic E-state index is 0.424. The Kier molecular flexibility index (Phi) is 6.23. The van der Waals surface area contributed by atoms with Gasteiger partial charge in [0.1, 0.15) is 0 Å². The Morgan fingerprint density at radius 3 is 2.50 bits per heavy atom. The van der Waals surface area contributed by atoms with Gasteiger partial charge in [0.05, 0.1) is 10.3 Å². The molecule has 1 unspecified atom stereocenters. The lowest BCUT2D eigenvalue weighted by atomic mass is 10.2. The van der Waals surface area contributed by atoms with E-state index in [0.717, 1.165) is 17.4 Å². The Hall–Kier alpha value is -2.55. The molecule has 7 nitrogen and oxygen atoms in total. The first-order chi connectivity index (χ1) is 13.4. The lowest BCUT2D eigenvalue weighted by Gasteiger charge is -2.13. The van der Waals surface area contributed by atoms with Crippen molar-refractivity contribution >= 4 is 46.9 Å². The Morgan fingerprint density at radius 2 is 1.86 bits per heavy atom. The van der Waals surface area contributed by atoms with Gasteiger partial charge in [0, 0.05) is 16.3 Å². The molecule has 0 saturated carbocycles. The number of rotatable bonds is 5. The molecule has 0 bridgehead atoms. The summed E-state index contributed by atoms with van der Waals surface area (Å²) in [5.41, 5.74) is 6.45. The molecule has 2 aromatic carbocycles. The molecule has 10 heteroatoms. The van der Waals surface area contributed by atoms with E-state index in [2.05, 4.69) is 15.5 Å². The van der Waals surface area contributed by atoms with Crippen molar-refractivity contribution in [3.05, 3.63) is 58.6 Å². The summed E-state index contributed by atoms with van der Waals surface area (Å²) in [6.07, 6.45) is 0. The predicted molar refractivity (Wildman–Crippen MR) is 110 cm³/mol. The van der Waals surface area contributed by atoms with E-state index in [1.807, 2.05) is 30.3 Å². The van der Waals surface area contributed by atoms with Crippen LogP contribution < -0.4 is 11.1 Å². The summed E-state index contributed by atoms with van der Waals surface area (Å²) < 4.78 is 1.79. The average molecular weight is 436 g/mol. The molecular weight excluding hydrogens is 421 g/mol. The van der Waals surface area contributed by atoms with Crippen LogP contribution in [0.5, 0.6) is 0 Å². The number of amides is 3. The van der Waals surface area contributed by atoms with Crippen LogP contribution in [-0.2, 0) is 4.79 Å². The number of aromatic nitrogens is 3. The van der Waals surface area contributed by atoms with Crippen LogP contribution in [0.15, 0.2) is 53.7 Å². The third-order valence-electron chi connectivity index (χ3n) is 3.72. The molecule has 0 aliphatic carbocycles. The summed E-state index contributed by atoms with van der Waals surface area (Å²) in [5.74, 6) is -0.0240. The van der Waals surface area contributed by atoms with Crippen molar-refractivity contribution in [1.82, 2.24) is 20.1 Å². The smallest absolute Gasteiger partial charge is 0.318 e. The van der Waals surface area contributed by atoms with Gasteiger partial charge in [0.25, 0.3) is 0 Å². The molecule has 1 aromatic heterocycles. The van der Waals surface area contributed by atoms with E-state index in [9.17, 15) is 9.59 Å². The molecule has 0 aliphatic rings. The summed E-state index contributed by atoms with van der Waals surface area (Å²) in [6, 6.07) is 13.6. The molecule has 3 amide bonds. The topological polar surface area (TPSA) is 103 Å². The Labute approximate surface area is 175 Å². The normalized spacial score (nSPS) is 11.8. The lowest BCUT2D eigenvalue weighted by molar-refractivity contribution is -0.119. The van der Waals surface area contributed by atoms with E-state index < -0.39 is 17.2 Å². The van der Waals surface area contributed by atoms with Crippen molar-refractivity contribution in [2.45, 2.75) is 17.3 Å². The Morgan fingerprint density at radius 1 is 1.14 bits per heavy atom. The monoisotopic (exact) mass is 435 g/mol. The molecule has 1 heterocycles. The maximum absolute atomic E-state index is 12.0. The molecular formula is C18H15Cl2N5O2S. The summed E-state index contributed by atoms with van der Waals surface area (Å²) in [5, 5.41) is 11.3. The number of para-hydroxylation sites is 1. The van der Waals surface area contributed by atoms with Crippen molar-refractivity contribution in [1.29, 1.82) is 0 Å². The highest BCUT2D eigenvalue weighted by atomic mass is 35.5. The number of thioether (sulfide) groups is 1. The number of primary amides is 1. The molecule has 3 aromatic rings. The standard InChI is InChI=1S/C18H15Cl2N5O2S/c1-10(16(26)22-17(21)27)28-18-24-23-15(13-8-7-11(19)9-14(13)20)25(18)12-5-3-2-4-6-12/h2-10H,1H3,(H3,21,22,26,27). The number of imide groups is 1. The zero-order chi connectivity index (χ0) is 20.3. The van der Waals surface area contributed by atoms with Crippen molar-refractivity contribution in [3.63, 3.8) is 0 Å². The molecule has 3 N–H and O–H groups in total. The fourth-order valence-corrected chi connectivity index (χ4v) is 3.80. The molecule has 0 fully saturated rings. The summed E-state index contributed by atoms with van der Waals surface area (Å²) in [6.45, 7) is 1.64. The van der Waals surface area contributed by atoms with E-state index >= 15 is 0 Å². The van der Waals surface area contributed by atoms with Crippen molar-refractivity contribution in [3.8, 4) is 17.1 Å². The number of halogens is 2. The van der Waals surface area contributed by atoms with Crippen LogP contribution in [0.1, 0.15) is 6.92 Å². The largest absolute Gasteiger partial charge is 0.351 e. The zero-order valence-corrected chi connectivity index (χ0v) is 16.9. The first-order valence-corrected chi connectivity index (χ1v) is 9.73. The van der Waals surface area contributed by atoms with E-state index in [4.69, 9.17) is 28.9 Å². The van der Waals surface area contributed by atoms with Gasteiger partial charge in [-0.05, 0) is 37.3 Å². The number of benzene rings is 2. The first-order valence-electron chi connectivity index (χ1n) is 8.10. The molecule has 0 saturated heterocycles. The second kappa shape index (κ2) is 8.64. The maximum Gasteiger partial charge on any atom is 0.318 e. The maximum atomic E-state index is 12.0. The van der Waals surface area contributed by atoms with Gasteiger partial charge in [-0.1, -0.05) is 53.2 Å². The molecule has 0 spiro atoms. The fourth-order valence-electron chi connectivity index (χ4n) is 2.44. The van der Waals surface area contributed by atoms with Crippen LogP contribution in [0.4, 0.5) is 4.79 Å². The second-order valence-electron chi connectivity index (χ2n) is 5.71. The molecule has 0 radical (unpaired) electrons. The minimum atomic E-state index is -0.907. The summed E-state index contributed by atoms with van der Waals surface area (Å²) in [4.78, 5) is 23.0. The second-order valence-corrected chi connectivity index (χ2v) is 7.87. The van der Waals surface area contributed by atoms with Gasteiger partial charge in [-0.3, -0.25) is 14.7 Å². The number of nitrogens with one attached hydrogen (secondary N) is 1. The number of carbonyl (C=O) groups excluding carboxylic acids is 2. The highest BCUT2D eigenvalue weighted by Gasteiger charge is 2.23. The highest BCUT2D eigenvalue weighted by Crippen LogP contribution is 2.34. The molecule has 3 rings (SSSR count). The van der Waals surface area contributed by atoms with Gasteiger partial charge < -0.3 is 5.73 Å². The van der Waals surface area contributed by atoms with Crippen molar-refractivity contribution in [2.75, 3.05) is 0 Å². The van der Waals surface area contributed by atoms with E-state index in [-0.39, 0.29) is 0 Å². The number of nitrogens with zero attached hydrogens (tertiary/aromatic N) is 3. The van der Waals surface area contributed by atoms with Gasteiger partial charge >= 0.3 is 6.03 Å². The van der Waals surface area contributed by atoms with Gasteiger partial charge in [0.2, 0.25) is 5.91 Å². The van der Waals surface area contributed by atoms with E-state index in [1.165, 1.54) is 0 Å². The fraction of sp³-hybridized carbons (Fsp3) is 0.111. The van der Waals surface area contributed by atoms with Gasteiger partial charge in [-0.2, -0.15) is 0 Å². The van der Waals surface area contributed by atoms with E-state index in [1.54, 1.807) is 29.7 Å². The van der Waals surface area contributed by atoms with Gasteiger partial charge in [0.15, 0.2) is 11.0 Å². The highest BCUT2D eigenvalue weighted by molar-refractivity contribution is 8.00. The quantitative estimate of drug-likeness (QED) is 0.591. The van der Waals surface area contributed by atoms with Crippen LogP contribution in [0.2, 0.25) is 10.0 Å². The van der Waals surface area contributed by atoms with Crippen LogP contribution in [-0.4, -0.2) is 32.0 Å². The predicted octanol–water partition coefficient (Wildman–Crippen LogP) is 3.92. The van der Waals surface area contributed by atoms with Crippen molar-refractivity contribution in [2.24, 2.45) is 5.73 Å². The number of hydrogen-bond acceptors (Lipinski definition) is 5. The molecule has 0 aliphatic heterocycles. The average Bonchev–Trinajstić information content (AvgIpc) is 3.05. The van der Waals surface area contributed by atoms with Gasteiger partial charge in [-0.25, -0.2) is 4.79 Å².